The standard InChI is InChI=1S/C58H35N3O2/c1-5-13-52-44(9-1)45-10-2-6-14-53(45)61(52)43-29-25-39(26-30-43)51-35-50(38-21-17-36(18-22-38)41-27-31-56-48(33-41)46-11-3-7-15-54(46)62-56)59-58(60-51)40-23-19-37(20-24-40)42-28-32-57-49(34-42)47-12-4-8-16-55(47)63-57/h1-35H. The quantitative estimate of drug-likeness (QED) is 0.168. The highest BCUT2D eigenvalue weighted by atomic mass is 16.3. The van der Waals surface area contributed by atoms with Gasteiger partial charge in [0.2, 0.25) is 0 Å². The molecule has 0 unspecified atom stereocenters. The summed E-state index contributed by atoms with van der Waals surface area (Å²) in [6, 6.07) is 74.5. The Morgan fingerprint density at radius 1 is 0.286 bits per heavy atom. The van der Waals surface area contributed by atoms with Gasteiger partial charge in [-0.1, -0.05) is 146 Å². The Hall–Kier alpha value is -8.54. The van der Waals surface area contributed by atoms with E-state index in [9.17, 15) is 0 Å². The number of fused-ring (bicyclic) bond motifs is 9. The maximum Gasteiger partial charge on any atom is 0.160 e. The number of rotatable bonds is 6. The van der Waals surface area contributed by atoms with Gasteiger partial charge in [-0.05, 0) is 89.0 Å². The largest absolute Gasteiger partial charge is 0.456 e. The molecule has 13 rings (SSSR count). The fourth-order valence-corrected chi connectivity index (χ4v) is 9.31. The van der Waals surface area contributed by atoms with Crippen molar-refractivity contribution in [3.05, 3.63) is 212 Å². The predicted octanol–water partition coefficient (Wildman–Crippen LogP) is 15.7. The van der Waals surface area contributed by atoms with Crippen molar-refractivity contribution in [1.82, 2.24) is 14.5 Å². The lowest BCUT2D eigenvalue weighted by Crippen LogP contribution is -1.97. The maximum absolute atomic E-state index is 6.11. The molecule has 0 atom stereocenters. The van der Waals surface area contributed by atoms with E-state index >= 15 is 0 Å². The molecule has 0 fully saturated rings. The number of aromatic nitrogens is 3. The van der Waals surface area contributed by atoms with Crippen LogP contribution in [0.25, 0.3) is 128 Å². The van der Waals surface area contributed by atoms with E-state index in [-0.39, 0.29) is 0 Å². The topological polar surface area (TPSA) is 57.0 Å². The summed E-state index contributed by atoms with van der Waals surface area (Å²) in [6.45, 7) is 0. The molecule has 0 N–H and O–H groups in total. The third-order valence-electron chi connectivity index (χ3n) is 12.5. The Labute approximate surface area is 361 Å². The molecule has 0 amide bonds. The van der Waals surface area contributed by atoms with E-state index in [1.54, 1.807) is 0 Å². The molecule has 0 aliphatic carbocycles. The summed E-state index contributed by atoms with van der Waals surface area (Å²) in [7, 11) is 0. The lowest BCUT2D eigenvalue weighted by molar-refractivity contribution is 0.668. The minimum atomic E-state index is 0.665. The monoisotopic (exact) mass is 805 g/mol. The molecule has 0 saturated carbocycles. The van der Waals surface area contributed by atoms with Crippen molar-refractivity contribution in [3.63, 3.8) is 0 Å². The van der Waals surface area contributed by atoms with Crippen molar-refractivity contribution in [2.75, 3.05) is 0 Å². The fourth-order valence-electron chi connectivity index (χ4n) is 9.31. The third-order valence-corrected chi connectivity index (χ3v) is 12.5. The van der Waals surface area contributed by atoms with Gasteiger partial charge < -0.3 is 13.4 Å². The van der Waals surface area contributed by atoms with Gasteiger partial charge in [-0.2, -0.15) is 0 Å². The van der Waals surface area contributed by atoms with Crippen LogP contribution < -0.4 is 0 Å². The predicted molar refractivity (Wildman–Crippen MR) is 258 cm³/mol. The molecule has 0 radical (unpaired) electrons. The lowest BCUT2D eigenvalue weighted by Gasteiger charge is -2.12. The molecule has 4 aromatic heterocycles. The van der Waals surface area contributed by atoms with E-state index in [4.69, 9.17) is 18.8 Å². The first-order chi connectivity index (χ1) is 31.2. The van der Waals surface area contributed by atoms with E-state index in [1.165, 1.54) is 21.8 Å². The van der Waals surface area contributed by atoms with Crippen molar-refractivity contribution in [3.8, 4) is 61.8 Å². The molecule has 9 aromatic carbocycles. The van der Waals surface area contributed by atoms with Crippen molar-refractivity contribution < 1.29 is 8.83 Å². The first kappa shape index (κ1) is 35.2. The van der Waals surface area contributed by atoms with Gasteiger partial charge >= 0.3 is 0 Å². The molecule has 0 bridgehead atoms. The third kappa shape index (κ3) is 5.86. The lowest BCUT2D eigenvalue weighted by atomic mass is 9.99. The normalized spacial score (nSPS) is 11.8. The molecular weight excluding hydrogens is 771 g/mol. The van der Waals surface area contributed by atoms with Crippen LogP contribution in [-0.2, 0) is 0 Å². The number of hydrogen-bond donors (Lipinski definition) is 0. The molecule has 4 heterocycles. The first-order valence-electron chi connectivity index (χ1n) is 21.2. The highest BCUT2D eigenvalue weighted by molar-refractivity contribution is 6.10. The van der Waals surface area contributed by atoms with Gasteiger partial charge in [0.05, 0.1) is 22.4 Å². The van der Waals surface area contributed by atoms with Crippen LogP contribution in [0.4, 0.5) is 0 Å². The summed E-state index contributed by atoms with van der Waals surface area (Å²) in [5, 5.41) is 6.94. The molecule has 5 nitrogen and oxygen atoms in total. The second-order valence-electron chi connectivity index (χ2n) is 16.2. The van der Waals surface area contributed by atoms with Gasteiger partial charge in [0.15, 0.2) is 5.82 Å². The summed E-state index contributed by atoms with van der Waals surface area (Å²) in [6.07, 6.45) is 0. The Balaban J connectivity index is 0.893. The van der Waals surface area contributed by atoms with Gasteiger partial charge in [-0.25, -0.2) is 9.97 Å². The van der Waals surface area contributed by atoms with Crippen LogP contribution >= 0.6 is 0 Å². The van der Waals surface area contributed by atoms with Crippen molar-refractivity contribution >= 4 is 65.7 Å². The Morgan fingerprint density at radius 2 is 0.667 bits per heavy atom. The minimum Gasteiger partial charge on any atom is -0.456 e. The summed E-state index contributed by atoms with van der Waals surface area (Å²) in [5.74, 6) is 0.665. The maximum atomic E-state index is 6.11. The Bertz CT molecular complexity index is 3660. The molecule has 0 spiro atoms. The number of para-hydroxylation sites is 4. The van der Waals surface area contributed by atoms with E-state index in [2.05, 4.69) is 193 Å². The zero-order chi connectivity index (χ0) is 41.4. The van der Waals surface area contributed by atoms with Crippen LogP contribution in [0.5, 0.6) is 0 Å². The van der Waals surface area contributed by atoms with Crippen molar-refractivity contribution in [2.24, 2.45) is 0 Å². The van der Waals surface area contributed by atoms with Crippen LogP contribution in [0.1, 0.15) is 0 Å². The molecule has 5 heteroatoms. The van der Waals surface area contributed by atoms with Crippen molar-refractivity contribution in [2.45, 2.75) is 0 Å². The van der Waals surface area contributed by atoms with E-state index < -0.39 is 0 Å². The molecule has 294 valence electrons. The van der Waals surface area contributed by atoms with Gasteiger partial charge in [0, 0.05) is 54.7 Å². The summed E-state index contributed by atoms with van der Waals surface area (Å²) >= 11 is 0. The van der Waals surface area contributed by atoms with Gasteiger partial charge in [-0.3, -0.25) is 0 Å². The highest BCUT2D eigenvalue weighted by Gasteiger charge is 2.16. The van der Waals surface area contributed by atoms with E-state index in [0.29, 0.717) is 5.82 Å². The van der Waals surface area contributed by atoms with Crippen LogP contribution in [0.2, 0.25) is 0 Å². The van der Waals surface area contributed by atoms with Crippen LogP contribution in [0.15, 0.2) is 221 Å². The van der Waals surface area contributed by atoms with E-state index in [0.717, 1.165) is 99.9 Å². The zero-order valence-corrected chi connectivity index (χ0v) is 33.9. The van der Waals surface area contributed by atoms with Crippen LogP contribution in [0.3, 0.4) is 0 Å². The van der Waals surface area contributed by atoms with Crippen molar-refractivity contribution in [1.29, 1.82) is 0 Å². The molecule has 13 aromatic rings. The SMILES string of the molecule is c1ccc2c(c1)oc1ccc(-c3ccc(-c4cc(-c5ccc(-n6c7ccccc7c7ccccc76)cc5)nc(-c5ccc(-c6ccc7oc8ccccc8c7c6)cc5)n4)cc3)cc12. The van der Waals surface area contributed by atoms with E-state index in [1.807, 2.05) is 24.3 Å². The zero-order valence-electron chi connectivity index (χ0n) is 33.9. The molecule has 0 aliphatic rings. The van der Waals surface area contributed by atoms with Crippen LogP contribution in [0, 0.1) is 0 Å². The number of benzene rings is 9. The molecule has 63 heavy (non-hydrogen) atoms. The average molecular weight is 806 g/mol. The smallest absolute Gasteiger partial charge is 0.160 e. The summed E-state index contributed by atoms with van der Waals surface area (Å²) < 4.78 is 14.6. The van der Waals surface area contributed by atoms with Gasteiger partial charge in [0.25, 0.3) is 0 Å². The first-order valence-corrected chi connectivity index (χ1v) is 21.2. The number of nitrogens with zero attached hydrogens (tertiary/aromatic N) is 3. The second kappa shape index (κ2) is 14.0. The Kier molecular flexibility index (Phi) is 7.84. The van der Waals surface area contributed by atoms with Gasteiger partial charge in [0.1, 0.15) is 22.3 Å². The highest BCUT2D eigenvalue weighted by Crippen LogP contribution is 2.37. The second-order valence-corrected chi connectivity index (χ2v) is 16.2. The number of furan rings is 2. The van der Waals surface area contributed by atoms with Crippen LogP contribution in [-0.4, -0.2) is 14.5 Å². The Morgan fingerprint density at radius 3 is 1.17 bits per heavy atom. The average Bonchev–Trinajstić information content (AvgIpc) is 4.03. The molecule has 0 aliphatic heterocycles. The molecular formula is C58H35N3O2. The summed E-state index contributed by atoms with van der Waals surface area (Å²) in [5.41, 5.74) is 16.2. The summed E-state index contributed by atoms with van der Waals surface area (Å²) in [4.78, 5) is 10.5. The minimum absolute atomic E-state index is 0.665. The number of hydrogen-bond acceptors (Lipinski definition) is 4. The van der Waals surface area contributed by atoms with Gasteiger partial charge in [-0.15, -0.1) is 0 Å². The molecule has 0 saturated heterocycles. The fraction of sp³-hybridized carbons (Fsp3) is 0.